The summed E-state index contributed by atoms with van der Waals surface area (Å²) < 4.78 is 35.5. The average molecular weight is 393 g/mol. The smallest absolute Gasteiger partial charge is 0.261 e. The number of carbonyl (C=O) groups excluding carboxylic acids is 1. The second kappa shape index (κ2) is 6.13. The zero-order chi connectivity index (χ0) is 15.6. The number of anilines is 1. The number of benzene rings is 2. The van der Waals surface area contributed by atoms with Crippen LogP contribution in [0.15, 0.2) is 51.8 Å². The van der Waals surface area contributed by atoms with Gasteiger partial charge in [0, 0.05) is 21.9 Å². The Kier molecular flexibility index (Phi) is 4.65. The van der Waals surface area contributed by atoms with Crippen LogP contribution in [0.3, 0.4) is 0 Å². The summed E-state index contributed by atoms with van der Waals surface area (Å²) in [7, 11) is 1.39. The van der Waals surface area contributed by atoms with Gasteiger partial charge >= 0.3 is 0 Å². The molecule has 0 spiro atoms. The van der Waals surface area contributed by atoms with Crippen molar-refractivity contribution < 1.29 is 17.6 Å². The Morgan fingerprint density at radius 2 is 1.76 bits per heavy atom. The number of nitrogens with one attached hydrogen (secondary N) is 1. The standard InChI is InChI=1S/C13H8BrClFNO3S/c14-11-7-8(1-6-12(11)16)13(18)17-9-2-4-10(5-3-9)21(15,19)20/h1-7H,(H,17,18). The van der Waals surface area contributed by atoms with Crippen LogP contribution in [-0.4, -0.2) is 14.3 Å². The molecule has 0 fully saturated rings. The Balaban J connectivity index is 2.18. The van der Waals surface area contributed by atoms with Gasteiger partial charge in [-0.15, -0.1) is 0 Å². The van der Waals surface area contributed by atoms with Gasteiger partial charge < -0.3 is 5.32 Å². The molecule has 1 N–H and O–H groups in total. The largest absolute Gasteiger partial charge is 0.322 e. The van der Waals surface area contributed by atoms with Gasteiger partial charge in [-0.3, -0.25) is 4.79 Å². The van der Waals surface area contributed by atoms with Gasteiger partial charge in [-0.05, 0) is 58.4 Å². The molecule has 0 radical (unpaired) electrons. The highest BCUT2D eigenvalue weighted by Crippen LogP contribution is 2.20. The number of rotatable bonds is 3. The lowest BCUT2D eigenvalue weighted by Gasteiger charge is -2.06. The van der Waals surface area contributed by atoms with E-state index in [1.807, 2.05) is 0 Å². The SMILES string of the molecule is O=C(Nc1ccc(S(=O)(=O)Cl)cc1)c1ccc(F)c(Br)c1. The first-order chi connectivity index (χ1) is 9.77. The summed E-state index contributed by atoms with van der Waals surface area (Å²) >= 11 is 2.99. The van der Waals surface area contributed by atoms with Crippen molar-refractivity contribution in [2.24, 2.45) is 0 Å². The first kappa shape index (κ1) is 15.9. The van der Waals surface area contributed by atoms with Crippen LogP contribution in [0, 0.1) is 5.82 Å². The Hall–Kier alpha value is -1.44. The van der Waals surface area contributed by atoms with Gasteiger partial charge in [-0.1, -0.05) is 0 Å². The molecule has 0 heterocycles. The zero-order valence-corrected chi connectivity index (χ0v) is 13.5. The van der Waals surface area contributed by atoms with Gasteiger partial charge in [0.1, 0.15) is 5.82 Å². The fourth-order valence-electron chi connectivity index (χ4n) is 1.54. The number of amides is 1. The van der Waals surface area contributed by atoms with E-state index < -0.39 is 20.8 Å². The number of hydrogen-bond acceptors (Lipinski definition) is 3. The third kappa shape index (κ3) is 4.03. The summed E-state index contributed by atoms with van der Waals surface area (Å²) in [5, 5.41) is 2.56. The van der Waals surface area contributed by atoms with E-state index in [1.54, 1.807) is 0 Å². The normalized spacial score (nSPS) is 11.2. The van der Waals surface area contributed by atoms with Crippen LogP contribution < -0.4 is 5.32 Å². The molecule has 0 atom stereocenters. The Labute approximate surface area is 133 Å². The maximum absolute atomic E-state index is 13.1. The molecule has 8 heteroatoms. The van der Waals surface area contributed by atoms with Crippen LogP contribution in [0.2, 0.25) is 0 Å². The van der Waals surface area contributed by atoms with E-state index in [1.165, 1.54) is 42.5 Å². The van der Waals surface area contributed by atoms with Crippen molar-refractivity contribution in [1.29, 1.82) is 0 Å². The van der Waals surface area contributed by atoms with Crippen LogP contribution in [0.5, 0.6) is 0 Å². The number of hydrogen-bond donors (Lipinski definition) is 1. The van der Waals surface area contributed by atoms with E-state index in [2.05, 4.69) is 21.2 Å². The monoisotopic (exact) mass is 391 g/mol. The molecule has 0 aliphatic heterocycles. The van der Waals surface area contributed by atoms with Gasteiger partial charge in [0.2, 0.25) is 0 Å². The van der Waals surface area contributed by atoms with Gasteiger partial charge in [-0.25, -0.2) is 12.8 Å². The second-order valence-electron chi connectivity index (χ2n) is 4.05. The molecule has 0 saturated heterocycles. The topological polar surface area (TPSA) is 63.2 Å². The molecular formula is C13H8BrClFNO3S. The summed E-state index contributed by atoms with van der Waals surface area (Å²) in [6, 6.07) is 9.23. The van der Waals surface area contributed by atoms with Crippen molar-refractivity contribution >= 4 is 47.3 Å². The van der Waals surface area contributed by atoms with Crippen molar-refractivity contribution in [3.8, 4) is 0 Å². The highest BCUT2D eigenvalue weighted by molar-refractivity contribution is 9.10. The lowest BCUT2D eigenvalue weighted by atomic mass is 10.2. The molecule has 2 rings (SSSR count). The Morgan fingerprint density at radius 3 is 2.29 bits per heavy atom. The molecule has 0 aromatic heterocycles. The molecule has 21 heavy (non-hydrogen) atoms. The predicted octanol–water partition coefficient (Wildman–Crippen LogP) is 3.77. The zero-order valence-electron chi connectivity index (χ0n) is 10.3. The third-order valence-electron chi connectivity index (χ3n) is 2.58. The minimum atomic E-state index is -3.80. The van der Waals surface area contributed by atoms with Crippen molar-refractivity contribution in [3.63, 3.8) is 0 Å². The molecule has 2 aromatic carbocycles. The molecule has 2 aromatic rings. The van der Waals surface area contributed by atoms with E-state index in [9.17, 15) is 17.6 Å². The molecular weight excluding hydrogens is 385 g/mol. The lowest BCUT2D eigenvalue weighted by Crippen LogP contribution is -2.12. The quantitative estimate of drug-likeness (QED) is 0.809. The van der Waals surface area contributed by atoms with E-state index >= 15 is 0 Å². The minimum absolute atomic E-state index is 0.0632. The first-order valence-corrected chi connectivity index (χ1v) is 8.69. The molecule has 4 nitrogen and oxygen atoms in total. The van der Waals surface area contributed by atoms with Crippen LogP contribution in [0.1, 0.15) is 10.4 Å². The van der Waals surface area contributed by atoms with E-state index in [4.69, 9.17) is 10.7 Å². The van der Waals surface area contributed by atoms with Crippen molar-refractivity contribution in [1.82, 2.24) is 0 Å². The maximum Gasteiger partial charge on any atom is 0.261 e. The van der Waals surface area contributed by atoms with Crippen LogP contribution in [0.4, 0.5) is 10.1 Å². The number of halogens is 3. The summed E-state index contributed by atoms with van der Waals surface area (Å²) in [6.45, 7) is 0. The van der Waals surface area contributed by atoms with Crippen molar-refractivity contribution in [3.05, 3.63) is 58.3 Å². The molecule has 0 unspecified atom stereocenters. The summed E-state index contributed by atoms with van der Waals surface area (Å²) in [4.78, 5) is 11.9. The van der Waals surface area contributed by atoms with Crippen molar-refractivity contribution in [2.45, 2.75) is 4.90 Å². The fraction of sp³-hybridized carbons (Fsp3) is 0. The molecule has 1 amide bonds. The Morgan fingerprint density at radius 1 is 1.14 bits per heavy atom. The van der Waals surface area contributed by atoms with Gasteiger partial charge in [0.25, 0.3) is 15.0 Å². The second-order valence-corrected chi connectivity index (χ2v) is 7.47. The molecule has 0 aliphatic carbocycles. The van der Waals surface area contributed by atoms with E-state index in [-0.39, 0.29) is 14.9 Å². The van der Waals surface area contributed by atoms with Crippen LogP contribution in [0.25, 0.3) is 0 Å². The van der Waals surface area contributed by atoms with Crippen LogP contribution >= 0.6 is 26.6 Å². The van der Waals surface area contributed by atoms with Gasteiger partial charge in [0.05, 0.1) is 9.37 Å². The fourth-order valence-corrected chi connectivity index (χ4v) is 2.69. The maximum atomic E-state index is 13.1. The van der Waals surface area contributed by atoms with Gasteiger partial charge in [-0.2, -0.15) is 0 Å². The summed E-state index contributed by atoms with van der Waals surface area (Å²) in [6.07, 6.45) is 0. The van der Waals surface area contributed by atoms with Crippen LogP contribution in [-0.2, 0) is 9.05 Å². The highest BCUT2D eigenvalue weighted by Gasteiger charge is 2.11. The molecule has 0 bridgehead atoms. The first-order valence-electron chi connectivity index (χ1n) is 5.58. The predicted molar refractivity (Wildman–Crippen MR) is 81.5 cm³/mol. The summed E-state index contributed by atoms with van der Waals surface area (Å²) in [5.74, 6) is -0.916. The highest BCUT2D eigenvalue weighted by atomic mass is 79.9. The molecule has 0 saturated carbocycles. The minimum Gasteiger partial charge on any atom is -0.322 e. The Bertz CT molecular complexity index is 794. The molecule has 0 aliphatic rings. The van der Waals surface area contributed by atoms with Crippen molar-refractivity contribution in [2.75, 3.05) is 5.32 Å². The third-order valence-corrected chi connectivity index (χ3v) is 4.55. The van der Waals surface area contributed by atoms with Gasteiger partial charge in [0.15, 0.2) is 0 Å². The lowest BCUT2D eigenvalue weighted by molar-refractivity contribution is 0.102. The average Bonchev–Trinajstić information content (AvgIpc) is 2.41. The van der Waals surface area contributed by atoms with E-state index in [0.717, 1.165) is 0 Å². The molecule has 110 valence electrons. The summed E-state index contributed by atoms with van der Waals surface area (Å²) in [5.41, 5.74) is 0.654. The number of carbonyl (C=O) groups is 1. The van der Waals surface area contributed by atoms with E-state index in [0.29, 0.717) is 5.69 Å².